The quantitative estimate of drug-likeness (QED) is 0.787. The number of methoxy groups -OCH3 is 1. The molecule has 2 fully saturated rings. The summed E-state index contributed by atoms with van der Waals surface area (Å²) in [4.78, 5) is 13.6. The number of likely N-dealkylation sites (tertiary alicyclic amines) is 1. The summed E-state index contributed by atoms with van der Waals surface area (Å²) >= 11 is 0. The predicted octanol–water partition coefficient (Wildman–Crippen LogP) is 1.69. The molecule has 126 valence electrons. The van der Waals surface area contributed by atoms with Crippen LogP contribution in [0.5, 0.6) is 5.75 Å². The van der Waals surface area contributed by atoms with Gasteiger partial charge in [-0.3, -0.25) is 4.90 Å². The minimum Gasteiger partial charge on any atom is -0.492 e. The van der Waals surface area contributed by atoms with Gasteiger partial charge in [0.2, 0.25) is 0 Å². The molecule has 3 atom stereocenters. The van der Waals surface area contributed by atoms with Gasteiger partial charge in [0.1, 0.15) is 24.6 Å². The van der Waals surface area contributed by atoms with Gasteiger partial charge in [0, 0.05) is 6.54 Å². The Balaban J connectivity index is 1.60. The lowest BCUT2D eigenvalue weighted by Gasteiger charge is -2.27. The third-order valence-corrected chi connectivity index (χ3v) is 4.33. The molecule has 0 bridgehead atoms. The predicted molar refractivity (Wildman–Crippen MR) is 83.5 cm³/mol. The number of carbonyl (C=O) groups is 1. The lowest BCUT2D eigenvalue weighted by molar-refractivity contribution is -0.161. The summed E-state index contributed by atoms with van der Waals surface area (Å²) < 4.78 is 22.5. The molecule has 1 aromatic rings. The molecule has 2 saturated heterocycles. The van der Waals surface area contributed by atoms with Gasteiger partial charge in [-0.25, -0.2) is 4.79 Å². The van der Waals surface area contributed by atoms with Crippen LogP contribution in [0.1, 0.15) is 24.2 Å². The van der Waals surface area contributed by atoms with Gasteiger partial charge in [-0.15, -0.1) is 0 Å². The van der Waals surface area contributed by atoms with Crippen LogP contribution in [0.15, 0.2) is 24.3 Å². The highest BCUT2D eigenvalue weighted by Crippen LogP contribution is 2.36. The van der Waals surface area contributed by atoms with Crippen molar-refractivity contribution in [2.75, 3.05) is 27.3 Å². The van der Waals surface area contributed by atoms with Gasteiger partial charge in [-0.05, 0) is 45.2 Å². The van der Waals surface area contributed by atoms with Gasteiger partial charge in [-0.2, -0.15) is 0 Å². The van der Waals surface area contributed by atoms with E-state index in [-0.39, 0.29) is 24.2 Å². The first-order chi connectivity index (χ1) is 10.9. The molecule has 1 aromatic carbocycles. The molecule has 6 heteroatoms. The fraction of sp³-hybridized carbons (Fsp3) is 0.588. The van der Waals surface area contributed by atoms with Crippen LogP contribution in [0.4, 0.5) is 0 Å². The topological polar surface area (TPSA) is 57.2 Å². The lowest BCUT2D eigenvalue weighted by atomic mass is 10.1. The van der Waals surface area contributed by atoms with Crippen LogP contribution >= 0.6 is 0 Å². The minimum absolute atomic E-state index is 0.0179. The van der Waals surface area contributed by atoms with E-state index < -0.39 is 5.79 Å². The molecule has 2 aliphatic heterocycles. The first-order valence-electron chi connectivity index (χ1n) is 7.77. The van der Waals surface area contributed by atoms with E-state index in [0.717, 1.165) is 6.54 Å². The monoisotopic (exact) mass is 321 g/mol. The minimum atomic E-state index is -0.531. The molecule has 23 heavy (non-hydrogen) atoms. The Morgan fingerprint density at radius 3 is 2.65 bits per heavy atom. The average Bonchev–Trinajstić information content (AvgIpc) is 2.95. The van der Waals surface area contributed by atoms with Gasteiger partial charge in [-0.1, -0.05) is 0 Å². The van der Waals surface area contributed by atoms with Crippen molar-refractivity contribution >= 4 is 5.97 Å². The molecule has 0 saturated carbocycles. The molecule has 0 N–H and O–H groups in total. The molecule has 0 amide bonds. The Kier molecular flexibility index (Phi) is 4.31. The first-order valence-corrected chi connectivity index (χ1v) is 7.77. The van der Waals surface area contributed by atoms with Crippen LogP contribution in [0, 0.1) is 0 Å². The SMILES string of the molecule is COC(=O)c1ccc(OC[C@@H]2[C@H]3OC(C)(C)O[C@H]3CN2C)cc1. The van der Waals surface area contributed by atoms with Crippen molar-refractivity contribution in [2.45, 2.75) is 37.9 Å². The van der Waals surface area contributed by atoms with Crippen LogP contribution in [0.2, 0.25) is 0 Å². The Hall–Kier alpha value is -1.63. The second-order valence-electron chi connectivity index (χ2n) is 6.47. The molecule has 0 radical (unpaired) electrons. The molecule has 0 spiro atoms. The summed E-state index contributed by atoms with van der Waals surface area (Å²) in [6, 6.07) is 7.08. The maximum Gasteiger partial charge on any atom is 0.337 e. The molecule has 0 unspecified atom stereocenters. The summed E-state index contributed by atoms with van der Waals surface area (Å²) in [7, 11) is 3.41. The van der Waals surface area contributed by atoms with Crippen molar-refractivity contribution in [1.29, 1.82) is 0 Å². The van der Waals surface area contributed by atoms with E-state index in [1.54, 1.807) is 24.3 Å². The maximum atomic E-state index is 11.4. The largest absolute Gasteiger partial charge is 0.492 e. The number of rotatable bonds is 4. The van der Waals surface area contributed by atoms with Gasteiger partial charge in [0.25, 0.3) is 0 Å². The van der Waals surface area contributed by atoms with Crippen LogP contribution in [-0.4, -0.2) is 62.2 Å². The van der Waals surface area contributed by atoms with Crippen molar-refractivity contribution in [3.63, 3.8) is 0 Å². The van der Waals surface area contributed by atoms with E-state index in [1.807, 2.05) is 20.9 Å². The van der Waals surface area contributed by atoms with Crippen LogP contribution in [-0.2, 0) is 14.2 Å². The number of hydrogen-bond acceptors (Lipinski definition) is 6. The molecule has 0 aromatic heterocycles. The Labute approximate surface area is 136 Å². The van der Waals surface area contributed by atoms with Crippen molar-refractivity contribution in [3.05, 3.63) is 29.8 Å². The molecular weight excluding hydrogens is 298 g/mol. The second kappa shape index (κ2) is 6.11. The van der Waals surface area contributed by atoms with Crippen molar-refractivity contribution < 1.29 is 23.7 Å². The Morgan fingerprint density at radius 1 is 1.30 bits per heavy atom. The standard InChI is InChI=1S/C17H23NO5/c1-17(2)22-14-9-18(3)13(15(14)23-17)10-21-12-7-5-11(6-8-12)16(19)20-4/h5-8,13-15H,9-10H2,1-4H3/t13-,14+,15-/m1/s1. The molecular formula is C17H23NO5. The second-order valence-corrected chi connectivity index (χ2v) is 6.47. The Bertz CT molecular complexity index is 571. The molecule has 6 nitrogen and oxygen atoms in total. The number of nitrogens with zero attached hydrogens (tertiary/aromatic N) is 1. The molecule has 2 heterocycles. The van der Waals surface area contributed by atoms with Crippen molar-refractivity contribution in [3.8, 4) is 5.75 Å². The van der Waals surface area contributed by atoms with Gasteiger partial charge >= 0.3 is 5.97 Å². The molecule has 2 aliphatic rings. The number of benzene rings is 1. The van der Waals surface area contributed by atoms with Gasteiger partial charge in [0.15, 0.2) is 5.79 Å². The lowest BCUT2D eigenvalue weighted by Crippen LogP contribution is -2.40. The van der Waals surface area contributed by atoms with E-state index in [9.17, 15) is 4.79 Å². The summed E-state index contributed by atoms with van der Waals surface area (Å²) in [5, 5.41) is 0. The fourth-order valence-corrected chi connectivity index (χ4v) is 3.21. The molecule has 3 rings (SSSR count). The number of likely N-dealkylation sites (N-methyl/N-ethyl adjacent to an activating group) is 1. The summed E-state index contributed by atoms with van der Waals surface area (Å²) in [5.41, 5.74) is 0.507. The van der Waals surface area contributed by atoms with Gasteiger partial charge in [0.05, 0.1) is 18.7 Å². The van der Waals surface area contributed by atoms with Crippen molar-refractivity contribution in [1.82, 2.24) is 4.90 Å². The zero-order valence-electron chi connectivity index (χ0n) is 13.9. The van der Waals surface area contributed by atoms with E-state index in [0.29, 0.717) is 17.9 Å². The van der Waals surface area contributed by atoms with E-state index in [2.05, 4.69) is 9.64 Å². The summed E-state index contributed by atoms with van der Waals surface area (Å²) in [6.45, 7) is 5.22. The third-order valence-electron chi connectivity index (χ3n) is 4.33. The fourth-order valence-electron chi connectivity index (χ4n) is 3.21. The number of hydrogen-bond donors (Lipinski definition) is 0. The highest BCUT2D eigenvalue weighted by molar-refractivity contribution is 5.89. The molecule has 0 aliphatic carbocycles. The van der Waals surface area contributed by atoms with E-state index in [1.165, 1.54) is 7.11 Å². The highest BCUT2D eigenvalue weighted by atomic mass is 16.8. The zero-order chi connectivity index (χ0) is 16.6. The van der Waals surface area contributed by atoms with Gasteiger partial charge < -0.3 is 18.9 Å². The maximum absolute atomic E-state index is 11.4. The average molecular weight is 321 g/mol. The van der Waals surface area contributed by atoms with E-state index >= 15 is 0 Å². The smallest absolute Gasteiger partial charge is 0.337 e. The third kappa shape index (κ3) is 3.34. The highest BCUT2D eigenvalue weighted by Gasteiger charge is 2.51. The van der Waals surface area contributed by atoms with Crippen LogP contribution in [0.25, 0.3) is 0 Å². The van der Waals surface area contributed by atoms with Crippen LogP contribution < -0.4 is 4.74 Å². The van der Waals surface area contributed by atoms with Crippen LogP contribution in [0.3, 0.4) is 0 Å². The normalized spacial score (nSPS) is 29.3. The number of fused-ring (bicyclic) bond motifs is 1. The van der Waals surface area contributed by atoms with E-state index in [4.69, 9.17) is 14.2 Å². The number of ether oxygens (including phenoxy) is 4. The Morgan fingerprint density at radius 2 is 2.00 bits per heavy atom. The number of esters is 1. The summed E-state index contributed by atoms with van der Waals surface area (Å²) in [5.74, 6) is -0.168. The summed E-state index contributed by atoms with van der Waals surface area (Å²) in [6.07, 6.45) is 0.106. The first kappa shape index (κ1) is 16.2. The zero-order valence-corrected chi connectivity index (χ0v) is 13.9. The number of carbonyl (C=O) groups excluding carboxylic acids is 1. The van der Waals surface area contributed by atoms with Crippen molar-refractivity contribution in [2.24, 2.45) is 0 Å².